The number of rotatable bonds is 6. The lowest BCUT2D eigenvalue weighted by atomic mass is 10.2. The molecule has 25 heavy (non-hydrogen) atoms. The molecule has 0 aliphatic heterocycles. The van der Waals surface area contributed by atoms with Gasteiger partial charge in [0, 0.05) is 26.6 Å². The van der Waals surface area contributed by atoms with Gasteiger partial charge in [-0.15, -0.1) is 0 Å². The maximum Gasteiger partial charge on any atom is 0.252 e. The van der Waals surface area contributed by atoms with Gasteiger partial charge >= 0.3 is 0 Å². The molecule has 0 heterocycles. The SMILES string of the molecule is CN(Cc1cccc(Cl)c1Cl)C(=O)CCNC(=O)c1ccccc1Cl. The van der Waals surface area contributed by atoms with Crippen LogP contribution in [0.2, 0.25) is 15.1 Å². The Balaban J connectivity index is 1.84. The van der Waals surface area contributed by atoms with E-state index < -0.39 is 0 Å². The lowest BCUT2D eigenvalue weighted by molar-refractivity contribution is -0.130. The van der Waals surface area contributed by atoms with Gasteiger partial charge in [0.15, 0.2) is 0 Å². The van der Waals surface area contributed by atoms with Gasteiger partial charge in [-0.05, 0) is 23.8 Å². The van der Waals surface area contributed by atoms with Crippen molar-refractivity contribution >= 4 is 46.6 Å². The Hall–Kier alpha value is -1.75. The number of carbonyl (C=O) groups is 2. The van der Waals surface area contributed by atoms with Crippen LogP contribution in [0.25, 0.3) is 0 Å². The molecule has 0 spiro atoms. The van der Waals surface area contributed by atoms with Crippen LogP contribution in [-0.2, 0) is 11.3 Å². The first-order valence-corrected chi connectivity index (χ1v) is 8.73. The average molecular weight is 400 g/mol. The molecule has 0 bridgehead atoms. The van der Waals surface area contributed by atoms with Gasteiger partial charge in [-0.3, -0.25) is 9.59 Å². The second-order valence-electron chi connectivity index (χ2n) is 5.45. The maximum absolute atomic E-state index is 12.2. The van der Waals surface area contributed by atoms with E-state index in [1.807, 2.05) is 6.07 Å². The molecule has 2 aromatic rings. The summed E-state index contributed by atoms with van der Waals surface area (Å²) in [5.41, 5.74) is 1.15. The monoisotopic (exact) mass is 398 g/mol. The topological polar surface area (TPSA) is 49.4 Å². The van der Waals surface area contributed by atoms with Crippen LogP contribution in [0.4, 0.5) is 0 Å². The minimum atomic E-state index is -0.307. The first-order chi connectivity index (χ1) is 11.9. The van der Waals surface area contributed by atoms with E-state index in [0.29, 0.717) is 27.2 Å². The summed E-state index contributed by atoms with van der Waals surface area (Å²) in [4.78, 5) is 25.8. The highest BCUT2D eigenvalue weighted by molar-refractivity contribution is 6.42. The summed E-state index contributed by atoms with van der Waals surface area (Å²) in [5, 5.41) is 3.96. The van der Waals surface area contributed by atoms with Crippen molar-refractivity contribution < 1.29 is 9.59 Å². The van der Waals surface area contributed by atoms with Crippen LogP contribution >= 0.6 is 34.8 Å². The van der Waals surface area contributed by atoms with Crippen molar-refractivity contribution in [3.8, 4) is 0 Å². The van der Waals surface area contributed by atoms with Gasteiger partial charge in [-0.25, -0.2) is 0 Å². The molecule has 132 valence electrons. The standard InChI is InChI=1S/C18H17Cl3N2O2/c1-23(11-12-5-4-8-15(20)17(12)21)16(24)9-10-22-18(25)13-6-2-3-7-14(13)19/h2-8H,9-11H2,1H3,(H,22,25). The van der Waals surface area contributed by atoms with Crippen molar-refractivity contribution in [1.82, 2.24) is 10.2 Å². The van der Waals surface area contributed by atoms with E-state index in [1.54, 1.807) is 48.3 Å². The highest BCUT2D eigenvalue weighted by atomic mass is 35.5. The Morgan fingerprint density at radius 2 is 1.68 bits per heavy atom. The van der Waals surface area contributed by atoms with Crippen LogP contribution in [0.1, 0.15) is 22.3 Å². The van der Waals surface area contributed by atoms with E-state index in [2.05, 4.69) is 5.32 Å². The van der Waals surface area contributed by atoms with Gasteiger partial charge in [0.05, 0.1) is 20.6 Å². The molecule has 0 saturated heterocycles. The van der Waals surface area contributed by atoms with Crippen molar-refractivity contribution in [2.24, 2.45) is 0 Å². The summed E-state index contributed by atoms with van der Waals surface area (Å²) in [6.45, 7) is 0.563. The molecule has 2 rings (SSSR count). The van der Waals surface area contributed by atoms with Crippen molar-refractivity contribution in [2.75, 3.05) is 13.6 Å². The highest BCUT2D eigenvalue weighted by Gasteiger charge is 2.14. The summed E-state index contributed by atoms with van der Waals surface area (Å²) in [6, 6.07) is 12.0. The molecule has 0 aliphatic carbocycles. The zero-order valence-corrected chi connectivity index (χ0v) is 15.8. The molecule has 0 aromatic heterocycles. The Kier molecular flexibility index (Phi) is 7.12. The Morgan fingerprint density at radius 3 is 2.40 bits per heavy atom. The molecule has 0 unspecified atom stereocenters. The van der Waals surface area contributed by atoms with Crippen LogP contribution in [0.15, 0.2) is 42.5 Å². The number of carbonyl (C=O) groups excluding carboxylic acids is 2. The minimum Gasteiger partial charge on any atom is -0.351 e. The lowest BCUT2D eigenvalue weighted by Crippen LogP contribution is -2.32. The number of hydrogen-bond acceptors (Lipinski definition) is 2. The molecule has 2 amide bonds. The van der Waals surface area contributed by atoms with Gasteiger partial charge in [0.2, 0.25) is 5.91 Å². The predicted molar refractivity (Wildman–Crippen MR) is 101 cm³/mol. The highest BCUT2D eigenvalue weighted by Crippen LogP contribution is 2.26. The first kappa shape index (κ1) is 19.6. The van der Waals surface area contributed by atoms with E-state index >= 15 is 0 Å². The molecular weight excluding hydrogens is 383 g/mol. The summed E-state index contributed by atoms with van der Waals surface area (Å²) in [7, 11) is 1.68. The number of nitrogens with one attached hydrogen (secondary N) is 1. The predicted octanol–water partition coefficient (Wildman–Crippen LogP) is 4.43. The number of halogens is 3. The molecule has 7 heteroatoms. The number of nitrogens with zero attached hydrogens (tertiary/aromatic N) is 1. The smallest absolute Gasteiger partial charge is 0.252 e. The summed E-state index contributed by atoms with van der Waals surface area (Å²) >= 11 is 18.1. The molecule has 0 saturated carbocycles. The van der Waals surface area contributed by atoms with Gasteiger partial charge < -0.3 is 10.2 Å². The van der Waals surface area contributed by atoms with Crippen LogP contribution < -0.4 is 5.32 Å². The fourth-order valence-electron chi connectivity index (χ4n) is 2.23. The zero-order chi connectivity index (χ0) is 18.4. The third-order valence-corrected chi connectivity index (χ3v) is 4.80. The third kappa shape index (κ3) is 5.36. The molecular formula is C18H17Cl3N2O2. The van der Waals surface area contributed by atoms with Gasteiger partial charge in [0.1, 0.15) is 0 Å². The quantitative estimate of drug-likeness (QED) is 0.781. The molecule has 2 aromatic carbocycles. The van der Waals surface area contributed by atoms with Gasteiger partial charge in [-0.2, -0.15) is 0 Å². The van der Waals surface area contributed by atoms with Crippen molar-refractivity contribution in [3.63, 3.8) is 0 Å². The molecule has 1 N–H and O–H groups in total. The maximum atomic E-state index is 12.2. The normalized spacial score (nSPS) is 10.4. The van der Waals surface area contributed by atoms with Gasteiger partial charge in [0.25, 0.3) is 5.91 Å². The van der Waals surface area contributed by atoms with E-state index in [9.17, 15) is 9.59 Å². The van der Waals surface area contributed by atoms with E-state index in [4.69, 9.17) is 34.8 Å². The van der Waals surface area contributed by atoms with Gasteiger partial charge in [-0.1, -0.05) is 59.1 Å². The fourth-order valence-corrected chi connectivity index (χ4v) is 2.83. The van der Waals surface area contributed by atoms with Crippen LogP contribution in [0.5, 0.6) is 0 Å². The Morgan fingerprint density at radius 1 is 1.00 bits per heavy atom. The fraction of sp³-hybridized carbons (Fsp3) is 0.222. The van der Waals surface area contributed by atoms with Crippen LogP contribution in [-0.4, -0.2) is 30.3 Å². The van der Waals surface area contributed by atoms with E-state index in [1.165, 1.54) is 0 Å². The van der Waals surface area contributed by atoms with Crippen LogP contribution in [0, 0.1) is 0 Å². The second-order valence-corrected chi connectivity index (χ2v) is 6.64. The molecule has 0 fully saturated rings. The third-order valence-electron chi connectivity index (χ3n) is 3.61. The first-order valence-electron chi connectivity index (χ1n) is 7.59. The van der Waals surface area contributed by atoms with E-state index in [0.717, 1.165) is 5.56 Å². The Labute approximate surface area is 161 Å². The number of benzene rings is 2. The average Bonchev–Trinajstić information content (AvgIpc) is 2.59. The Bertz CT molecular complexity index is 781. The summed E-state index contributed by atoms with van der Waals surface area (Å²) < 4.78 is 0. The van der Waals surface area contributed by atoms with Crippen molar-refractivity contribution in [3.05, 3.63) is 68.7 Å². The molecule has 4 nitrogen and oxygen atoms in total. The minimum absolute atomic E-state index is 0.115. The summed E-state index contributed by atoms with van der Waals surface area (Å²) in [5.74, 6) is -0.422. The van der Waals surface area contributed by atoms with Crippen molar-refractivity contribution in [1.29, 1.82) is 0 Å². The zero-order valence-electron chi connectivity index (χ0n) is 13.6. The molecule has 0 aliphatic rings. The molecule has 0 atom stereocenters. The van der Waals surface area contributed by atoms with Crippen LogP contribution in [0.3, 0.4) is 0 Å². The summed E-state index contributed by atoms with van der Waals surface area (Å²) in [6.07, 6.45) is 0.172. The largest absolute Gasteiger partial charge is 0.351 e. The number of hydrogen-bond donors (Lipinski definition) is 1. The van der Waals surface area contributed by atoms with Crippen molar-refractivity contribution in [2.45, 2.75) is 13.0 Å². The number of amides is 2. The van der Waals surface area contributed by atoms with E-state index in [-0.39, 0.29) is 24.8 Å². The molecule has 0 radical (unpaired) electrons. The second kappa shape index (κ2) is 9.09. The lowest BCUT2D eigenvalue weighted by Gasteiger charge is -2.18.